The van der Waals surface area contributed by atoms with E-state index >= 15 is 0 Å². The first-order valence-corrected chi connectivity index (χ1v) is 17.0. The Balaban J connectivity index is 0.000000269. The Morgan fingerprint density at radius 2 is 1.55 bits per heavy atom. The van der Waals surface area contributed by atoms with Crippen molar-refractivity contribution in [2.75, 3.05) is 4.90 Å². The number of allylic oxidation sites excluding steroid dienone is 2. The summed E-state index contributed by atoms with van der Waals surface area (Å²) in [6, 6.07) is 31.7. The van der Waals surface area contributed by atoms with Crippen LogP contribution in [0.2, 0.25) is 0 Å². The largest absolute Gasteiger partial charge is 0.512 e. The van der Waals surface area contributed by atoms with Crippen LogP contribution in [0.25, 0.3) is 32.8 Å². The number of anilines is 3. The summed E-state index contributed by atoms with van der Waals surface area (Å²) in [5, 5.41) is 14.6. The molecule has 1 atom stereocenters. The van der Waals surface area contributed by atoms with Gasteiger partial charge in [0.2, 0.25) is 0 Å². The van der Waals surface area contributed by atoms with Crippen molar-refractivity contribution in [1.82, 2.24) is 4.98 Å². The number of rotatable bonds is 10. The minimum Gasteiger partial charge on any atom is -0.512 e. The zero-order valence-electron chi connectivity index (χ0n) is 28.5. The fraction of sp³-hybridized carbons (Fsp3) is 0.333. The van der Waals surface area contributed by atoms with Crippen LogP contribution in [-0.4, -0.2) is 15.9 Å². The van der Waals surface area contributed by atoms with Gasteiger partial charge in [0.1, 0.15) is 0 Å². The molecule has 1 radical (unpaired) electrons. The first-order valence-electron chi connectivity index (χ1n) is 17.0. The Bertz CT molecular complexity index is 1840. The van der Waals surface area contributed by atoms with Gasteiger partial charge in [0.05, 0.1) is 5.76 Å². The number of carbonyl (C=O) groups is 1. The molecule has 0 fully saturated rings. The van der Waals surface area contributed by atoms with Gasteiger partial charge in [-0.25, -0.2) is 0 Å². The Labute approximate surface area is 294 Å². The molecule has 0 bridgehead atoms. The molecule has 0 saturated heterocycles. The summed E-state index contributed by atoms with van der Waals surface area (Å²) in [6.07, 6.45) is 8.04. The number of aliphatic hydroxyl groups excluding tert-OH is 1. The van der Waals surface area contributed by atoms with Gasteiger partial charge in [0, 0.05) is 77.7 Å². The van der Waals surface area contributed by atoms with E-state index in [-0.39, 0.29) is 43.5 Å². The van der Waals surface area contributed by atoms with E-state index in [1.165, 1.54) is 38.9 Å². The number of fused-ring (bicyclic) bond motifs is 4. The van der Waals surface area contributed by atoms with Crippen molar-refractivity contribution in [3.63, 3.8) is 0 Å². The summed E-state index contributed by atoms with van der Waals surface area (Å²) >= 11 is 0. The number of hydrogen-bond acceptors (Lipinski definition) is 4. The van der Waals surface area contributed by atoms with Crippen molar-refractivity contribution >= 4 is 44.4 Å². The van der Waals surface area contributed by atoms with Gasteiger partial charge < -0.3 is 15.0 Å². The zero-order valence-corrected chi connectivity index (χ0v) is 30.9. The third-order valence-electron chi connectivity index (χ3n) is 9.68. The summed E-state index contributed by atoms with van der Waals surface area (Å²) in [5.74, 6) is 1.07. The number of benzene rings is 4. The molecule has 1 aromatic heterocycles. The first kappa shape index (κ1) is 36.1. The van der Waals surface area contributed by atoms with E-state index in [0.717, 1.165) is 54.7 Å². The molecule has 6 rings (SSSR count). The third kappa shape index (κ3) is 7.37. The second-order valence-electron chi connectivity index (χ2n) is 12.4. The zero-order chi connectivity index (χ0) is 32.8. The van der Waals surface area contributed by atoms with Crippen LogP contribution in [0.15, 0.2) is 96.9 Å². The molecule has 0 spiro atoms. The second kappa shape index (κ2) is 16.4. The average molecular weight is 804 g/mol. The molecule has 47 heavy (non-hydrogen) atoms. The Hall–Kier alpha value is -3.79. The monoisotopic (exact) mass is 804 g/mol. The molecule has 1 aliphatic rings. The predicted octanol–water partition coefficient (Wildman–Crippen LogP) is 12.0. The molecule has 5 aromatic rings. The average Bonchev–Trinajstić information content (AvgIpc) is 3.09. The van der Waals surface area contributed by atoms with Gasteiger partial charge in [0.25, 0.3) is 0 Å². The Morgan fingerprint density at radius 1 is 0.851 bits per heavy atom. The SMILES string of the molecule is CCC(C)c1ccc2cnc3c(c2c1)N(c1ccccc1)c1cccc2cc[c-]c-3c12.CCC(CC)C(=O)/C=C(\O)C(CC)CC.[Ir]. The quantitative estimate of drug-likeness (QED) is 0.0851. The van der Waals surface area contributed by atoms with Crippen LogP contribution in [0.5, 0.6) is 0 Å². The van der Waals surface area contributed by atoms with E-state index in [2.05, 4.69) is 97.6 Å². The van der Waals surface area contributed by atoms with E-state index in [1.807, 2.05) is 40.0 Å². The van der Waals surface area contributed by atoms with E-state index in [0.29, 0.717) is 5.92 Å². The maximum atomic E-state index is 11.7. The first-order chi connectivity index (χ1) is 22.4. The number of nitrogens with zero attached hydrogens (tertiary/aromatic N) is 2. The van der Waals surface area contributed by atoms with E-state index in [4.69, 9.17) is 4.98 Å². The normalized spacial score (nSPS) is 12.9. The van der Waals surface area contributed by atoms with Gasteiger partial charge in [-0.1, -0.05) is 94.8 Å². The maximum absolute atomic E-state index is 11.7. The summed E-state index contributed by atoms with van der Waals surface area (Å²) in [4.78, 5) is 19.1. The maximum Gasteiger partial charge on any atom is 0.162 e. The molecule has 1 N–H and O–H groups in total. The van der Waals surface area contributed by atoms with Gasteiger partial charge in [-0.2, -0.15) is 0 Å². The van der Waals surface area contributed by atoms with Crippen molar-refractivity contribution < 1.29 is 30.0 Å². The third-order valence-corrected chi connectivity index (χ3v) is 9.68. The standard InChI is InChI=1S/C29H23N2.C13H24O2.Ir/c1-3-19(2)21-15-16-22-18-30-28-24-13-7-9-20-10-8-14-26(27(20)24)31(29(28)25(22)17-21)23-11-5-4-6-12-23;1-5-10(6-2)12(14)9-13(15)11(7-3)8-4;/h4-12,14-19H,3H2,1-2H3;9-11,14H,5-8H2,1-4H3;/q-1;;/b;12-9-;. The fourth-order valence-electron chi connectivity index (χ4n) is 6.54. The topological polar surface area (TPSA) is 53.4 Å². The van der Waals surface area contributed by atoms with Crippen LogP contribution in [0.1, 0.15) is 85.1 Å². The Morgan fingerprint density at radius 3 is 2.21 bits per heavy atom. The number of aliphatic hydroxyl groups is 1. The molecule has 5 heteroatoms. The molecule has 1 unspecified atom stereocenters. The summed E-state index contributed by atoms with van der Waals surface area (Å²) in [6.45, 7) is 12.6. The number of aromatic nitrogens is 1. The second-order valence-corrected chi connectivity index (χ2v) is 12.4. The predicted molar refractivity (Wildman–Crippen MR) is 194 cm³/mol. The van der Waals surface area contributed by atoms with Gasteiger partial charge >= 0.3 is 0 Å². The molecule has 4 nitrogen and oxygen atoms in total. The van der Waals surface area contributed by atoms with E-state index in [9.17, 15) is 9.90 Å². The number of hydrogen-bond donors (Lipinski definition) is 1. The van der Waals surface area contributed by atoms with Crippen molar-refractivity contribution in [3.8, 4) is 11.3 Å². The Kier molecular flexibility index (Phi) is 12.5. The molecular weight excluding hydrogens is 757 g/mol. The van der Waals surface area contributed by atoms with Gasteiger partial charge in [-0.15, -0.1) is 23.8 Å². The minimum atomic E-state index is 0. The van der Waals surface area contributed by atoms with Crippen molar-refractivity contribution in [1.29, 1.82) is 0 Å². The van der Waals surface area contributed by atoms with Gasteiger partial charge in [-0.05, 0) is 67.9 Å². The minimum absolute atomic E-state index is 0. The summed E-state index contributed by atoms with van der Waals surface area (Å²) < 4.78 is 0. The number of pyridine rings is 1. The molecule has 247 valence electrons. The van der Waals surface area contributed by atoms with Gasteiger partial charge in [-0.3, -0.25) is 4.79 Å². The van der Waals surface area contributed by atoms with E-state index < -0.39 is 0 Å². The van der Waals surface area contributed by atoms with Gasteiger partial charge in [0.15, 0.2) is 5.78 Å². The molecule has 0 aliphatic carbocycles. The number of para-hydroxylation sites is 1. The van der Waals surface area contributed by atoms with Crippen LogP contribution < -0.4 is 4.90 Å². The molecule has 1 aliphatic heterocycles. The van der Waals surface area contributed by atoms with E-state index in [1.54, 1.807) is 0 Å². The molecule has 0 saturated carbocycles. The smallest absolute Gasteiger partial charge is 0.162 e. The van der Waals surface area contributed by atoms with Crippen molar-refractivity contribution in [2.45, 2.75) is 79.6 Å². The summed E-state index contributed by atoms with van der Waals surface area (Å²) in [7, 11) is 0. The molecule has 0 amide bonds. The van der Waals surface area contributed by atoms with Crippen LogP contribution in [0, 0.1) is 17.9 Å². The van der Waals surface area contributed by atoms with Crippen LogP contribution >= 0.6 is 0 Å². The van der Waals surface area contributed by atoms with Crippen molar-refractivity contribution in [2.24, 2.45) is 11.8 Å². The molecule has 4 aromatic carbocycles. The van der Waals surface area contributed by atoms with Crippen LogP contribution in [0.3, 0.4) is 0 Å². The molecule has 2 heterocycles. The van der Waals surface area contributed by atoms with Crippen LogP contribution in [0.4, 0.5) is 17.1 Å². The number of ketones is 1. The summed E-state index contributed by atoms with van der Waals surface area (Å²) in [5.41, 5.74) is 6.95. The van der Waals surface area contributed by atoms with Crippen molar-refractivity contribution in [3.05, 3.63) is 109 Å². The van der Waals surface area contributed by atoms with Crippen LogP contribution in [-0.2, 0) is 24.9 Å². The number of carbonyl (C=O) groups excluding carboxylic acids is 1. The molecular formula is C42H47IrN2O2-. The fourth-order valence-corrected chi connectivity index (χ4v) is 6.54.